The van der Waals surface area contributed by atoms with Crippen molar-refractivity contribution in [2.75, 3.05) is 32.8 Å². The van der Waals surface area contributed by atoms with E-state index in [4.69, 9.17) is 4.74 Å². The maximum absolute atomic E-state index is 5.15. The monoisotopic (exact) mass is 155 g/mol. The number of hydrogen-bond acceptors (Lipinski definition) is 4. The van der Waals surface area contributed by atoms with Crippen LogP contribution < -0.4 is 0 Å². The predicted octanol–water partition coefficient (Wildman–Crippen LogP) is 0.427. The molecule has 0 aromatic rings. The van der Waals surface area contributed by atoms with Gasteiger partial charge in [-0.05, 0) is 6.92 Å². The van der Waals surface area contributed by atoms with Crippen molar-refractivity contribution in [1.82, 2.24) is 5.01 Å². The number of rotatable bonds is 2. The zero-order valence-electron chi connectivity index (χ0n) is 6.79. The summed E-state index contributed by atoms with van der Waals surface area (Å²) in [6, 6.07) is 2.63. The normalized spacial score (nSPS) is 17.4. The van der Waals surface area contributed by atoms with Gasteiger partial charge in [-0.1, -0.05) is 0 Å². The van der Waals surface area contributed by atoms with E-state index in [1.54, 1.807) is 0 Å². The zero-order valence-corrected chi connectivity index (χ0v) is 6.79. The fourth-order valence-corrected chi connectivity index (χ4v) is 0.819. The van der Waals surface area contributed by atoms with E-state index < -0.39 is 0 Å². The van der Waals surface area contributed by atoms with E-state index in [2.05, 4.69) is 16.1 Å². The van der Waals surface area contributed by atoms with Crippen molar-refractivity contribution in [3.05, 3.63) is 0 Å². The van der Waals surface area contributed by atoms with Crippen molar-refractivity contribution < 1.29 is 4.74 Å². The predicted molar refractivity (Wildman–Crippen MR) is 42.8 cm³/mol. The van der Waals surface area contributed by atoms with Crippen LogP contribution in [0, 0.1) is 0 Å². The minimum Gasteiger partial charge on any atom is -0.378 e. The molecular weight excluding hydrogens is 142 g/mol. The standard InChI is InChI=1S/C7H13N3O/c1-2-8-7-9-10-3-5-11-6-4-10/h2-6H2,1H3. The van der Waals surface area contributed by atoms with Gasteiger partial charge < -0.3 is 4.74 Å². The number of ether oxygens (including phenoxy) is 1. The molecule has 0 atom stereocenters. The molecule has 4 heteroatoms. The molecule has 0 radical (unpaired) electrons. The molecule has 1 heterocycles. The molecule has 0 aromatic heterocycles. The quantitative estimate of drug-likeness (QED) is 0.542. The zero-order chi connectivity index (χ0) is 7.94. The van der Waals surface area contributed by atoms with Gasteiger partial charge in [-0.2, -0.15) is 0 Å². The minimum atomic E-state index is 0.744. The number of hydrogen-bond donors (Lipinski definition) is 0. The second-order valence-electron chi connectivity index (χ2n) is 2.24. The molecule has 0 unspecified atom stereocenters. The summed E-state index contributed by atoms with van der Waals surface area (Å²) >= 11 is 0. The highest BCUT2D eigenvalue weighted by Gasteiger charge is 2.05. The summed E-state index contributed by atoms with van der Waals surface area (Å²) < 4.78 is 5.15. The Morgan fingerprint density at radius 3 is 2.82 bits per heavy atom. The summed E-state index contributed by atoms with van der Waals surface area (Å²) in [5, 5.41) is 5.93. The van der Waals surface area contributed by atoms with Gasteiger partial charge in [0.05, 0.1) is 26.3 Å². The average molecular weight is 155 g/mol. The first-order valence-corrected chi connectivity index (χ1v) is 3.88. The molecule has 0 N–H and O–H groups in total. The summed E-state index contributed by atoms with van der Waals surface area (Å²) in [5.41, 5.74) is 0. The molecule has 0 aromatic carbocycles. The lowest BCUT2D eigenvalue weighted by Gasteiger charge is -2.21. The Morgan fingerprint density at radius 1 is 1.45 bits per heavy atom. The third-order valence-electron chi connectivity index (χ3n) is 1.40. The van der Waals surface area contributed by atoms with E-state index in [0.717, 1.165) is 32.8 Å². The smallest absolute Gasteiger partial charge is 0.114 e. The Labute approximate surface area is 66.6 Å². The van der Waals surface area contributed by atoms with Crippen LogP contribution in [0.25, 0.3) is 0 Å². The Morgan fingerprint density at radius 2 is 2.18 bits per heavy atom. The van der Waals surface area contributed by atoms with Crippen LogP contribution in [0.4, 0.5) is 0 Å². The first kappa shape index (κ1) is 8.24. The van der Waals surface area contributed by atoms with Gasteiger partial charge in [0.2, 0.25) is 0 Å². The summed E-state index contributed by atoms with van der Waals surface area (Å²) in [7, 11) is 0. The van der Waals surface area contributed by atoms with Crippen LogP contribution in [0.2, 0.25) is 0 Å². The molecule has 1 aliphatic heterocycles. The lowest BCUT2D eigenvalue weighted by atomic mass is 10.5. The second kappa shape index (κ2) is 4.88. The van der Waals surface area contributed by atoms with Crippen LogP contribution in [0.15, 0.2) is 10.1 Å². The molecular formula is C7H13N3O. The summed E-state index contributed by atoms with van der Waals surface area (Å²) in [5.74, 6) is 0. The third-order valence-corrected chi connectivity index (χ3v) is 1.40. The van der Waals surface area contributed by atoms with Gasteiger partial charge in [-0.25, -0.2) is 4.99 Å². The third kappa shape index (κ3) is 3.16. The van der Waals surface area contributed by atoms with Gasteiger partial charge in [0.15, 0.2) is 0 Å². The fourth-order valence-electron chi connectivity index (χ4n) is 0.819. The van der Waals surface area contributed by atoms with E-state index in [1.807, 2.05) is 11.9 Å². The van der Waals surface area contributed by atoms with Crippen molar-refractivity contribution >= 4 is 6.01 Å². The highest BCUT2D eigenvalue weighted by atomic mass is 16.5. The van der Waals surface area contributed by atoms with Crippen molar-refractivity contribution in [2.24, 2.45) is 10.1 Å². The fraction of sp³-hybridized carbons (Fsp3) is 0.857. The van der Waals surface area contributed by atoms with Crippen molar-refractivity contribution in [2.45, 2.75) is 6.92 Å². The van der Waals surface area contributed by atoms with Crippen molar-refractivity contribution in [3.63, 3.8) is 0 Å². The summed E-state index contributed by atoms with van der Waals surface area (Å²) in [4.78, 5) is 3.87. The summed E-state index contributed by atoms with van der Waals surface area (Å²) in [6.45, 7) is 5.93. The Bertz CT molecular complexity index is 157. The Hall–Kier alpha value is -0.860. The molecule has 4 nitrogen and oxygen atoms in total. The second-order valence-corrected chi connectivity index (χ2v) is 2.24. The molecule has 1 saturated heterocycles. The van der Waals surface area contributed by atoms with Gasteiger partial charge in [0.25, 0.3) is 0 Å². The van der Waals surface area contributed by atoms with Gasteiger partial charge in [-0.15, -0.1) is 5.10 Å². The van der Waals surface area contributed by atoms with Crippen molar-refractivity contribution in [3.8, 4) is 0 Å². The van der Waals surface area contributed by atoms with Gasteiger partial charge in [0, 0.05) is 6.54 Å². The Kier molecular flexibility index (Phi) is 3.65. The largest absolute Gasteiger partial charge is 0.378 e. The molecule has 0 aliphatic carbocycles. The van der Waals surface area contributed by atoms with E-state index in [1.165, 1.54) is 0 Å². The van der Waals surface area contributed by atoms with E-state index in [-0.39, 0.29) is 0 Å². The highest BCUT2D eigenvalue weighted by Crippen LogP contribution is 1.94. The number of aliphatic imine (C=N–C) groups is 1. The van der Waals surface area contributed by atoms with E-state index in [0.29, 0.717) is 0 Å². The Balaban J connectivity index is 2.29. The topological polar surface area (TPSA) is 37.2 Å². The first-order chi connectivity index (χ1) is 5.43. The van der Waals surface area contributed by atoms with Crippen LogP contribution in [-0.4, -0.2) is 43.9 Å². The first-order valence-electron chi connectivity index (χ1n) is 3.88. The maximum Gasteiger partial charge on any atom is 0.114 e. The molecule has 1 rings (SSSR count). The van der Waals surface area contributed by atoms with E-state index >= 15 is 0 Å². The number of nitrogens with zero attached hydrogens (tertiary/aromatic N) is 3. The van der Waals surface area contributed by atoms with Crippen LogP contribution >= 0.6 is 0 Å². The average Bonchev–Trinajstić information content (AvgIpc) is 2.07. The SMILES string of the molecule is CCN=C=NN1CCOCC1. The van der Waals surface area contributed by atoms with Crippen LogP contribution in [-0.2, 0) is 4.74 Å². The van der Waals surface area contributed by atoms with Crippen LogP contribution in [0.1, 0.15) is 6.92 Å². The van der Waals surface area contributed by atoms with Gasteiger partial charge >= 0.3 is 0 Å². The number of hydrazone groups is 1. The van der Waals surface area contributed by atoms with Gasteiger partial charge in [0.1, 0.15) is 6.01 Å². The van der Waals surface area contributed by atoms with Crippen molar-refractivity contribution in [1.29, 1.82) is 0 Å². The lowest BCUT2D eigenvalue weighted by Crippen LogP contribution is -2.31. The number of morpholine rings is 1. The van der Waals surface area contributed by atoms with Crippen LogP contribution in [0.3, 0.4) is 0 Å². The molecule has 0 bridgehead atoms. The molecule has 1 aliphatic rings. The van der Waals surface area contributed by atoms with E-state index in [9.17, 15) is 0 Å². The van der Waals surface area contributed by atoms with Crippen LogP contribution in [0.5, 0.6) is 0 Å². The molecule has 11 heavy (non-hydrogen) atoms. The molecule has 0 saturated carbocycles. The van der Waals surface area contributed by atoms with Gasteiger partial charge in [-0.3, -0.25) is 5.01 Å². The highest BCUT2D eigenvalue weighted by molar-refractivity contribution is 5.40. The molecule has 0 spiro atoms. The minimum absolute atomic E-state index is 0.744. The molecule has 1 fully saturated rings. The maximum atomic E-state index is 5.15. The molecule has 0 amide bonds. The molecule has 62 valence electrons. The lowest BCUT2D eigenvalue weighted by molar-refractivity contribution is 0.0397. The summed E-state index contributed by atoms with van der Waals surface area (Å²) in [6.07, 6.45) is 0.